The van der Waals surface area contributed by atoms with Crippen LogP contribution in [0.4, 0.5) is 0 Å². The molecular formula is C9H11N5S. The molecule has 0 saturated heterocycles. The first-order valence-corrected chi connectivity index (χ1v) is 5.78. The summed E-state index contributed by atoms with van der Waals surface area (Å²) < 4.78 is 2.14. The Balaban J connectivity index is 2.08. The van der Waals surface area contributed by atoms with Crippen molar-refractivity contribution in [1.82, 2.24) is 25.1 Å². The van der Waals surface area contributed by atoms with Gasteiger partial charge in [0.25, 0.3) is 0 Å². The summed E-state index contributed by atoms with van der Waals surface area (Å²) in [6, 6.07) is 0. The van der Waals surface area contributed by atoms with Crippen LogP contribution in [-0.2, 0) is 13.1 Å². The average molecular weight is 221 g/mol. The molecule has 0 atom stereocenters. The molecule has 2 aromatic heterocycles. The summed E-state index contributed by atoms with van der Waals surface area (Å²) in [4.78, 5) is 4.44. The van der Waals surface area contributed by atoms with Gasteiger partial charge >= 0.3 is 0 Å². The predicted octanol–water partition coefficient (Wildman–Crippen LogP) is 0.813. The maximum Gasteiger partial charge on any atom is 0.183 e. The van der Waals surface area contributed by atoms with Crippen molar-refractivity contribution >= 4 is 11.3 Å². The molecule has 15 heavy (non-hydrogen) atoms. The lowest BCUT2D eigenvalue weighted by molar-refractivity contribution is 0.508. The molecule has 2 aromatic rings. The molecule has 0 aliphatic carbocycles. The molecule has 0 saturated carbocycles. The van der Waals surface area contributed by atoms with Gasteiger partial charge in [0.05, 0.1) is 11.6 Å². The molecule has 78 valence electrons. The van der Waals surface area contributed by atoms with Crippen molar-refractivity contribution in [3.8, 4) is 11.5 Å². The fourth-order valence-corrected chi connectivity index (χ4v) is 2.34. The molecular weight excluding hydrogens is 210 g/mol. The second-order valence-corrected chi connectivity index (χ2v) is 4.58. The number of rotatable bonds is 1. The van der Waals surface area contributed by atoms with E-state index in [0.717, 1.165) is 42.0 Å². The van der Waals surface area contributed by atoms with E-state index in [1.807, 2.05) is 12.3 Å². The summed E-state index contributed by atoms with van der Waals surface area (Å²) in [5.41, 5.74) is 0.943. The van der Waals surface area contributed by atoms with Crippen LogP contribution in [-0.4, -0.2) is 26.3 Å². The third-order valence-electron chi connectivity index (χ3n) is 2.47. The van der Waals surface area contributed by atoms with Crippen LogP contribution in [0.5, 0.6) is 0 Å². The van der Waals surface area contributed by atoms with E-state index in [1.54, 1.807) is 11.3 Å². The van der Waals surface area contributed by atoms with Gasteiger partial charge in [-0.05, 0) is 6.92 Å². The average Bonchev–Trinajstić information content (AvgIpc) is 2.83. The van der Waals surface area contributed by atoms with Gasteiger partial charge in [-0.1, -0.05) is 0 Å². The number of thiazole rings is 1. The molecule has 3 rings (SSSR count). The highest BCUT2D eigenvalue weighted by molar-refractivity contribution is 7.09. The van der Waals surface area contributed by atoms with Crippen LogP contribution >= 0.6 is 11.3 Å². The van der Waals surface area contributed by atoms with E-state index in [4.69, 9.17) is 0 Å². The Morgan fingerprint density at radius 1 is 1.47 bits per heavy atom. The minimum atomic E-state index is 0.802. The largest absolute Gasteiger partial charge is 0.308 e. The Morgan fingerprint density at radius 2 is 2.40 bits per heavy atom. The lowest BCUT2D eigenvalue weighted by Gasteiger charge is -2.15. The van der Waals surface area contributed by atoms with Crippen LogP contribution in [0.3, 0.4) is 0 Å². The number of nitrogens with one attached hydrogen (secondary N) is 1. The summed E-state index contributed by atoms with van der Waals surface area (Å²) in [7, 11) is 0. The van der Waals surface area contributed by atoms with Crippen LogP contribution in [0.2, 0.25) is 0 Å². The molecule has 0 amide bonds. The van der Waals surface area contributed by atoms with Gasteiger partial charge in [0.15, 0.2) is 5.82 Å². The lowest BCUT2D eigenvalue weighted by Crippen LogP contribution is -2.28. The lowest BCUT2D eigenvalue weighted by atomic mass is 10.4. The Morgan fingerprint density at radius 3 is 3.20 bits per heavy atom. The van der Waals surface area contributed by atoms with Crippen molar-refractivity contribution in [2.45, 2.75) is 20.0 Å². The van der Waals surface area contributed by atoms with Crippen molar-refractivity contribution in [2.24, 2.45) is 0 Å². The number of aromatic nitrogens is 4. The third kappa shape index (κ3) is 1.46. The van der Waals surface area contributed by atoms with E-state index >= 15 is 0 Å². The van der Waals surface area contributed by atoms with Crippen LogP contribution < -0.4 is 5.32 Å². The van der Waals surface area contributed by atoms with Crippen LogP contribution in [0.15, 0.2) is 5.38 Å². The topological polar surface area (TPSA) is 55.6 Å². The first kappa shape index (κ1) is 8.99. The van der Waals surface area contributed by atoms with Crippen molar-refractivity contribution < 1.29 is 0 Å². The van der Waals surface area contributed by atoms with Gasteiger partial charge in [-0.2, -0.15) is 0 Å². The molecule has 6 heteroatoms. The maximum absolute atomic E-state index is 4.44. The van der Waals surface area contributed by atoms with E-state index in [-0.39, 0.29) is 0 Å². The van der Waals surface area contributed by atoms with Crippen molar-refractivity contribution in [1.29, 1.82) is 0 Å². The normalized spacial score (nSPS) is 15.3. The molecule has 1 N–H and O–H groups in total. The van der Waals surface area contributed by atoms with Gasteiger partial charge in [0, 0.05) is 18.5 Å². The molecule has 0 spiro atoms. The van der Waals surface area contributed by atoms with Crippen molar-refractivity contribution in [3.05, 3.63) is 16.2 Å². The van der Waals surface area contributed by atoms with E-state index in [9.17, 15) is 0 Å². The zero-order chi connectivity index (χ0) is 10.3. The molecule has 0 aromatic carbocycles. The Bertz CT molecular complexity index is 486. The fourth-order valence-electron chi connectivity index (χ4n) is 1.75. The van der Waals surface area contributed by atoms with Gasteiger partial charge < -0.3 is 9.88 Å². The highest BCUT2D eigenvalue weighted by atomic mass is 32.1. The summed E-state index contributed by atoms with van der Waals surface area (Å²) in [5, 5.41) is 14.7. The first-order valence-electron chi connectivity index (χ1n) is 4.90. The van der Waals surface area contributed by atoms with Gasteiger partial charge in [-0.3, -0.25) is 0 Å². The smallest absolute Gasteiger partial charge is 0.183 e. The predicted molar refractivity (Wildman–Crippen MR) is 57.6 cm³/mol. The van der Waals surface area contributed by atoms with E-state index in [0.29, 0.717) is 0 Å². The first-order chi connectivity index (χ1) is 7.34. The Hall–Kier alpha value is -1.27. The van der Waals surface area contributed by atoms with Gasteiger partial charge in [-0.25, -0.2) is 4.98 Å². The highest BCUT2D eigenvalue weighted by Crippen LogP contribution is 2.21. The van der Waals surface area contributed by atoms with E-state index in [1.165, 1.54) is 0 Å². The standard InChI is InChI=1S/C9H11N5S/c1-6-11-7(5-15-6)9-13-12-8-4-10-2-3-14(8)9/h5,10H,2-4H2,1H3. The summed E-state index contributed by atoms with van der Waals surface area (Å²) in [5.74, 6) is 1.90. The van der Waals surface area contributed by atoms with Crippen molar-refractivity contribution in [3.63, 3.8) is 0 Å². The number of hydrogen-bond donors (Lipinski definition) is 1. The maximum atomic E-state index is 4.44. The van der Waals surface area contributed by atoms with Gasteiger partial charge in [-0.15, -0.1) is 21.5 Å². The molecule has 0 fully saturated rings. The monoisotopic (exact) mass is 221 g/mol. The minimum Gasteiger partial charge on any atom is -0.308 e. The summed E-state index contributed by atoms with van der Waals surface area (Å²) in [6.45, 7) is 4.70. The molecule has 1 aliphatic rings. The molecule has 3 heterocycles. The second-order valence-electron chi connectivity index (χ2n) is 3.52. The number of nitrogens with zero attached hydrogens (tertiary/aromatic N) is 4. The van der Waals surface area contributed by atoms with Gasteiger partial charge in [0.1, 0.15) is 11.5 Å². The van der Waals surface area contributed by atoms with Crippen molar-refractivity contribution in [2.75, 3.05) is 6.54 Å². The SMILES string of the molecule is Cc1nc(-c2nnc3n2CCNC3)cs1. The third-order valence-corrected chi connectivity index (χ3v) is 3.24. The quantitative estimate of drug-likeness (QED) is 0.774. The van der Waals surface area contributed by atoms with E-state index < -0.39 is 0 Å². The van der Waals surface area contributed by atoms with E-state index in [2.05, 4.69) is 25.1 Å². The molecule has 0 unspecified atom stereocenters. The number of aryl methyl sites for hydroxylation is 1. The molecule has 1 aliphatic heterocycles. The Kier molecular flexibility index (Phi) is 2.03. The fraction of sp³-hybridized carbons (Fsp3) is 0.444. The summed E-state index contributed by atoms with van der Waals surface area (Å²) in [6.07, 6.45) is 0. The Labute approximate surface area is 91.2 Å². The summed E-state index contributed by atoms with van der Waals surface area (Å²) >= 11 is 1.65. The second kappa shape index (κ2) is 3.39. The zero-order valence-corrected chi connectivity index (χ0v) is 9.21. The van der Waals surface area contributed by atoms with Crippen LogP contribution in [0, 0.1) is 6.92 Å². The van der Waals surface area contributed by atoms with Crippen LogP contribution in [0.25, 0.3) is 11.5 Å². The van der Waals surface area contributed by atoms with Crippen LogP contribution in [0.1, 0.15) is 10.8 Å². The molecule has 5 nitrogen and oxygen atoms in total. The number of hydrogen-bond acceptors (Lipinski definition) is 5. The molecule has 0 radical (unpaired) electrons. The minimum absolute atomic E-state index is 0.802. The van der Waals surface area contributed by atoms with Gasteiger partial charge in [0.2, 0.25) is 0 Å². The molecule has 0 bridgehead atoms. The highest BCUT2D eigenvalue weighted by Gasteiger charge is 2.17. The number of fused-ring (bicyclic) bond motifs is 1. The zero-order valence-electron chi connectivity index (χ0n) is 8.40.